The standard InChI is InChI=1S/C27H21FN2O5S/c1-3-35-19-11-12-20-21(14-19)36-27(29-20)30-23(16-5-4-6-18(13-16)34-2)22(25(32)26(30)33)24(31)15-7-9-17(28)10-8-15/h4-14,23,31H,3H2,1-2H3/b24-22+/t23-/m1/s1. The zero-order valence-electron chi connectivity index (χ0n) is 19.4. The molecule has 9 heteroatoms. The summed E-state index contributed by atoms with van der Waals surface area (Å²) in [6, 6.07) is 16.4. The molecule has 0 saturated carbocycles. The van der Waals surface area contributed by atoms with E-state index in [1.54, 1.807) is 36.4 Å². The van der Waals surface area contributed by atoms with Crippen LogP contribution in [0.1, 0.15) is 24.1 Å². The molecule has 0 unspecified atom stereocenters. The van der Waals surface area contributed by atoms with E-state index < -0.39 is 29.3 Å². The van der Waals surface area contributed by atoms with Gasteiger partial charge in [-0.1, -0.05) is 23.5 Å². The third-order valence-corrected chi connectivity index (χ3v) is 6.85. The zero-order chi connectivity index (χ0) is 25.4. The van der Waals surface area contributed by atoms with Crippen molar-refractivity contribution in [3.05, 3.63) is 89.2 Å². The van der Waals surface area contributed by atoms with Crippen LogP contribution in [-0.4, -0.2) is 35.5 Å². The van der Waals surface area contributed by atoms with E-state index in [2.05, 4.69) is 4.98 Å². The van der Waals surface area contributed by atoms with Crippen LogP contribution in [0, 0.1) is 5.82 Å². The molecule has 0 aliphatic carbocycles. The van der Waals surface area contributed by atoms with Crippen LogP contribution in [0.4, 0.5) is 9.52 Å². The van der Waals surface area contributed by atoms with E-state index in [9.17, 15) is 19.1 Å². The number of aliphatic hydroxyl groups excluding tert-OH is 1. The van der Waals surface area contributed by atoms with Crippen molar-refractivity contribution in [3.63, 3.8) is 0 Å². The number of thiazole rings is 1. The minimum absolute atomic E-state index is 0.117. The molecule has 1 aliphatic heterocycles. The van der Waals surface area contributed by atoms with Crippen molar-refractivity contribution in [2.24, 2.45) is 0 Å². The third kappa shape index (κ3) is 4.07. The maximum atomic E-state index is 13.5. The largest absolute Gasteiger partial charge is 0.507 e. The summed E-state index contributed by atoms with van der Waals surface area (Å²) < 4.78 is 25.2. The van der Waals surface area contributed by atoms with Crippen LogP contribution >= 0.6 is 11.3 Å². The van der Waals surface area contributed by atoms with Gasteiger partial charge in [-0.05, 0) is 67.1 Å². The highest BCUT2D eigenvalue weighted by molar-refractivity contribution is 7.22. The number of carbonyl (C=O) groups is 2. The number of halogens is 1. The van der Waals surface area contributed by atoms with Gasteiger partial charge in [-0.25, -0.2) is 9.37 Å². The van der Waals surface area contributed by atoms with E-state index in [-0.39, 0.29) is 11.1 Å². The van der Waals surface area contributed by atoms with E-state index in [0.29, 0.717) is 34.3 Å². The SMILES string of the molecule is CCOc1ccc2nc(N3C(=O)C(=O)/C(=C(/O)c4ccc(F)cc4)[C@H]3c3cccc(OC)c3)sc2c1. The fourth-order valence-corrected chi connectivity index (χ4v) is 5.19. The summed E-state index contributed by atoms with van der Waals surface area (Å²) in [6.45, 7) is 2.39. The minimum atomic E-state index is -0.975. The number of ketones is 1. The predicted octanol–water partition coefficient (Wildman–Crippen LogP) is 5.47. The summed E-state index contributed by atoms with van der Waals surface area (Å²) in [7, 11) is 1.51. The molecule has 182 valence electrons. The number of aliphatic hydroxyl groups is 1. The second-order valence-corrected chi connectivity index (χ2v) is 9.02. The molecule has 1 atom stereocenters. The molecule has 2 heterocycles. The maximum absolute atomic E-state index is 13.5. The normalized spacial score (nSPS) is 17.1. The van der Waals surface area contributed by atoms with Gasteiger partial charge in [0.1, 0.15) is 23.1 Å². The van der Waals surface area contributed by atoms with Crippen molar-refractivity contribution in [2.75, 3.05) is 18.6 Å². The first-order chi connectivity index (χ1) is 17.4. The highest BCUT2D eigenvalue weighted by Gasteiger charge is 2.48. The number of carbonyl (C=O) groups excluding carboxylic acids is 2. The Morgan fingerprint density at radius 2 is 1.86 bits per heavy atom. The fraction of sp³-hybridized carbons (Fsp3) is 0.148. The van der Waals surface area contributed by atoms with Crippen LogP contribution in [0.15, 0.2) is 72.3 Å². The summed E-state index contributed by atoms with van der Waals surface area (Å²) in [5.74, 6) is -1.39. The summed E-state index contributed by atoms with van der Waals surface area (Å²) in [5.41, 5.74) is 1.29. The quantitative estimate of drug-likeness (QED) is 0.213. The molecule has 36 heavy (non-hydrogen) atoms. The van der Waals surface area contributed by atoms with Gasteiger partial charge in [-0.3, -0.25) is 14.5 Å². The van der Waals surface area contributed by atoms with E-state index in [1.165, 1.54) is 47.6 Å². The van der Waals surface area contributed by atoms with Gasteiger partial charge < -0.3 is 14.6 Å². The Morgan fingerprint density at radius 3 is 2.58 bits per heavy atom. The molecule has 0 spiro atoms. The second-order valence-electron chi connectivity index (χ2n) is 8.01. The first-order valence-electron chi connectivity index (χ1n) is 11.2. The lowest BCUT2D eigenvalue weighted by atomic mass is 9.95. The summed E-state index contributed by atoms with van der Waals surface area (Å²) in [6.07, 6.45) is 0. The fourth-order valence-electron chi connectivity index (χ4n) is 4.17. The summed E-state index contributed by atoms with van der Waals surface area (Å²) >= 11 is 1.24. The molecule has 0 radical (unpaired) electrons. The van der Waals surface area contributed by atoms with Crippen LogP contribution in [0.2, 0.25) is 0 Å². The summed E-state index contributed by atoms with van der Waals surface area (Å²) in [4.78, 5) is 32.6. The van der Waals surface area contributed by atoms with Crippen molar-refractivity contribution >= 4 is 44.1 Å². The number of nitrogens with zero attached hydrogens (tertiary/aromatic N) is 2. The molecule has 3 aromatic carbocycles. The Morgan fingerprint density at radius 1 is 1.08 bits per heavy atom. The number of fused-ring (bicyclic) bond motifs is 1. The van der Waals surface area contributed by atoms with Gasteiger partial charge in [-0.15, -0.1) is 0 Å². The van der Waals surface area contributed by atoms with Gasteiger partial charge in [0.15, 0.2) is 5.13 Å². The van der Waals surface area contributed by atoms with Gasteiger partial charge in [0.25, 0.3) is 5.78 Å². The van der Waals surface area contributed by atoms with E-state index in [0.717, 1.165) is 4.70 Å². The minimum Gasteiger partial charge on any atom is -0.507 e. The van der Waals surface area contributed by atoms with Gasteiger partial charge in [0.2, 0.25) is 0 Å². The number of aromatic nitrogens is 1. The Bertz CT molecular complexity index is 1510. The number of rotatable bonds is 6. The summed E-state index contributed by atoms with van der Waals surface area (Å²) in [5, 5.41) is 11.4. The topological polar surface area (TPSA) is 89.0 Å². The smallest absolute Gasteiger partial charge is 0.301 e. The molecular formula is C27H21FN2O5S. The van der Waals surface area contributed by atoms with Crippen molar-refractivity contribution in [3.8, 4) is 11.5 Å². The van der Waals surface area contributed by atoms with Crippen LogP contribution < -0.4 is 14.4 Å². The average molecular weight is 505 g/mol. The van der Waals surface area contributed by atoms with Crippen LogP contribution in [0.3, 0.4) is 0 Å². The van der Waals surface area contributed by atoms with Crippen molar-refractivity contribution < 1.29 is 28.6 Å². The van der Waals surface area contributed by atoms with E-state index >= 15 is 0 Å². The van der Waals surface area contributed by atoms with E-state index in [1.807, 2.05) is 13.0 Å². The lowest BCUT2D eigenvalue weighted by molar-refractivity contribution is -0.132. The van der Waals surface area contributed by atoms with Crippen LogP contribution in [-0.2, 0) is 9.59 Å². The number of hydrogen-bond acceptors (Lipinski definition) is 7. The molecule has 1 saturated heterocycles. The number of ether oxygens (including phenoxy) is 2. The Labute approximate surface area is 210 Å². The highest BCUT2D eigenvalue weighted by Crippen LogP contribution is 2.45. The molecule has 1 N–H and O–H groups in total. The molecule has 7 nitrogen and oxygen atoms in total. The molecule has 4 aromatic rings. The maximum Gasteiger partial charge on any atom is 0.301 e. The average Bonchev–Trinajstić information content (AvgIpc) is 3.42. The molecule has 1 amide bonds. The number of methoxy groups -OCH3 is 1. The van der Waals surface area contributed by atoms with Gasteiger partial charge in [0.05, 0.1) is 35.5 Å². The van der Waals surface area contributed by atoms with Gasteiger partial charge in [0, 0.05) is 5.56 Å². The van der Waals surface area contributed by atoms with Crippen molar-refractivity contribution in [1.29, 1.82) is 0 Å². The molecule has 0 bridgehead atoms. The monoisotopic (exact) mass is 504 g/mol. The number of hydrogen-bond donors (Lipinski definition) is 1. The second kappa shape index (κ2) is 9.43. The van der Waals surface area contributed by atoms with Crippen molar-refractivity contribution in [2.45, 2.75) is 13.0 Å². The molecule has 5 rings (SSSR count). The van der Waals surface area contributed by atoms with Crippen LogP contribution in [0.25, 0.3) is 16.0 Å². The Balaban J connectivity index is 1.70. The first kappa shape index (κ1) is 23.5. The molecule has 1 aromatic heterocycles. The Kier molecular flexibility index (Phi) is 6.15. The predicted molar refractivity (Wildman–Crippen MR) is 135 cm³/mol. The van der Waals surface area contributed by atoms with Crippen LogP contribution in [0.5, 0.6) is 11.5 Å². The zero-order valence-corrected chi connectivity index (χ0v) is 20.2. The lowest BCUT2D eigenvalue weighted by Gasteiger charge is -2.23. The lowest BCUT2D eigenvalue weighted by Crippen LogP contribution is -2.29. The Hall–Kier alpha value is -4.24. The molecule has 1 aliphatic rings. The van der Waals surface area contributed by atoms with Gasteiger partial charge in [-0.2, -0.15) is 0 Å². The number of benzene rings is 3. The molecule has 1 fully saturated rings. The number of amides is 1. The van der Waals surface area contributed by atoms with E-state index in [4.69, 9.17) is 9.47 Å². The first-order valence-corrected chi connectivity index (χ1v) is 12.0. The highest BCUT2D eigenvalue weighted by atomic mass is 32.1. The third-order valence-electron chi connectivity index (χ3n) is 5.84. The van der Waals surface area contributed by atoms with Crippen molar-refractivity contribution in [1.82, 2.24) is 4.98 Å². The molecular weight excluding hydrogens is 483 g/mol. The number of anilines is 1. The van der Waals surface area contributed by atoms with Gasteiger partial charge >= 0.3 is 5.91 Å². The number of Topliss-reactive ketones (excluding diaryl/α,β-unsaturated/α-hetero) is 1.